The van der Waals surface area contributed by atoms with Gasteiger partial charge in [-0.1, -0.05) is 6.07 Å². The van der Waals surface area contributed by atoms with Crippen LogP contribution in [-0.2, 0) is 11.3 Å². The first-order valence-electron chi connectivity index (χ1n) is 6.74. The fourth-order valence-corrected chi connectivity index (χ4v) is 4.17. The van der Waals surface area contributed by atoms with Crippen molar-refractivity contribution in [3.63, 3.8) is 0 Å². The lowest BCUT2D eigenvalue weighted by molar-refractivity contribution is -0.138. The van der Waals surface area contributed by atoms with Crippen LogP contribution in [0.2, 0.25) is 0 Å². The van der Waals surface area contributed by atoms with Crippen LogP contribution in [0.4, 0.5) is 0 Å². The minimum absolute atomic E-state index is 0.0723. The van der Waals surface area contributed by atoms with E-state index in [2.05, 4.69) is 9.88 Å². The van der Waals surface area contributed by atoms with Crippen molar-refractivity contribution in [3.05, 3.63) is 29.5 Å². The zero-order chi connectivity index (χ0) is 14.7. The molecule has 7 heteroatoms. The lowest BCUT2D eigenvalue weighted by Gasteiger charge is -2.33. The number of rotatable bonds is 5. The summed E-state index contributed by atoms with van der Waals surface area (Å²) in [5.41, 5.74) is 0.862. The van der Waals surface area contributed by atoms with Crippen molar-refractivity contribution in [3.8, 4) is 10.8 Å². The highest BCUT2D eigenvalue weighted by atomic mass is 32.2. The molecule has 112 valence electrons. The lowest BCUT2D eigenvalue weighted by atomic mass is 10.2. The van der Waals surface area contributed by atoms with Crippen LogP contribution in [0, 0.1) is 0 Å². The molecule has 0 bridgehead atoms. The number of carbonyl (C=O) groups is 1. The Morgan fingerprint density at radius 3 is 3.24 bits per heavy atom. The Bertz CT molecular complexity index is 597. The fraction of sp³-hybridized carbons (Fsp3) is 0.429. The minimum Gasteiger partial charge on any atom is -0.481 e. The molecule has 5 nitrogen and oxygen atoms in total. The molecule has 1 N–H and O–H groups in total. The third kappa shape index (κ3) is 3.66. The predicted octanol–water partition coefficient (Wildman–Crippen LogP) is 2.80. The number of thiophene rings is 1. The second kappa shape index (κ2) is 6.64. The van der Waals surface area contributed by atoms with Gasteiger partial charge in [-0.15, -0.1) is 11.3 Å². The average Bonchev–Trinajstić information content (AvgIpc) is 3.11. The van der Waals surface area contributed by atoms with Crippen molar-refractivity contribution in [1.82, 2.24) is 9.88 Å². The summed E-state index contributed by atoms with van der Waals surface area (Å²) in [6, 6.07) is 4.02. The van der Waals surface area contributed by atoms with Gasteiger partial charge in [0.2, 0.25) is 5.89 Å². The molecule has 3 heterocycles. The number of aliphatic carboxylic acids is 1. The van der Waals surface area contributed by atoms with Crippen molar-refractivity contribution >= 4 is 29.1 Å². The molecule has 1 fully saturated rings. The Hall–Kier alpha value is -1.31. The van der Waals surface area contributed by atoms with E-state index in [0.29, 0.717) is 12.4 Å². The minimum atomic E-state index is -0.744. The number of aromatic nitrogens is 1. The van der Waals surface area contributed by atoms with Gasteiger partial charge in [-0.3, -0.25) is 9.69 Å². The number of carboxylic acids is 1. The van der Waals surface area contributed by atoms with Crippen molar-refractivity contribution in [2.45, 2.75) is 19.0 Å². The molecule has 0 saturated carbocycles. The normalized spacial score (nSPS) is 19.7. The number of hydrogen-bond donors (Lipinski definition) is 1. The van der Waals surface area contributed by atoms with Crippen molar-refractivity contribution < 1.29 is 14.3 Å². The van der Waals surface area contributed by atoms with Crippen molar-refractivity contribution in [1.29, 1.82) is 0 Å². The zero-order valence-corrected chi connectivity index (χ0v) is 13.0. The maximum atomic E-state index is 11.0. The standard InChI is InChI=1S/C14H16N2O3S2/c17-13(18)6-11-9-20-5-3-16(11)7-10-8-19-14(15-10)12-2-1-4-21-12/h1-2,4,8,11H,3,5-7,9H2,(H,17,18). The molecule has 0 aromatic carbocycles. The Labute approximate surface area is 131 Å². The molecular formula is C14H16N2O3S2. The Morgan fingerprint density at radius 2 is 2.48 bits per heavy atom. The number of nitrogens with zero attached hydrogens (tertiary/aromatic N) is 2. The summed E-state index contributed by atoms with van der Waals surface area (Å²) in [5, 5.41) is 11.0. The second-order valence-corrected chi connectivity index (χ2v) is 7.02. The Morgan fingerprint density at radius 1 is 1.57 bits per heavy atom. The van der Waals surface area contributed by atoms with E-state index in [4.69, 9.17) is 9.52 Å². The molecule has 2 aromatic rings. The summed E-state index contributed by atoms with van der Waals surface area (Å²) in [5.74, 6) is 1.79. The van der Waals surface area contributed by atoms with Gasteiger partial charge in [0.25, 0.3) is 0 Å². The van der Waals surface area contributed by atoms with Crippen LogP contribution in [0.5, 0.6) is 0 Å². The van der Waals surface area contributed by atoms with Gasteiger partial charge in [0.05, 0.1) is 17.0 Å². The highest BCUT2D eigenvalue weighted by molar-refractivity contribution is 7.99. The van der Waals surface area contributed by atoms with Gasteiger partial charge >= 0.3 is 5.97 Å². The van der Waals surface area contributed by atoms with Gasteiger partial charge in [0, 0.05) is 30.6 Å². The van der Waals surface area contributed by atoms with Gasteiger partial charge in [0.1, 0.15) is 6.26 Å². The van der Waals surface area contributed by atoms with E-state index in [1.807, 2.05) is 29.3 Å². The molecule has 0 spiro atoms. The lowest BCUT2D eigenvalue weighted by Crippen LogP contribution is -2.43. The molecule has 1 aliphatic heterocycles. The van der Waals surface area contributed by atoms with E-state index < -0.39 is 5.97 Å². The quantitative estimate of drug-likeness (QED) is 0.912. The largest absolute Gasteiger partial charge is 0.481 e. The topological polar surface area (TPSA) is 66.6 Å². The van der Waals surface area contributed by atoms with Crippen LogP contribution in [0.3, 0.4) is 0 Å². The summed E-state index contributed by atoms with van der Waals surface area (Å²) in [7, 11) is 0. The zero-order valence-electron chi connectivity index (χ0n) is 11.4. The molecule has 3 rings (SSSR count). The summed E-state index contributed by atoms with van der Waals surface area (Å²) in [6.45, 7) is 1.54. The summed E-state index contributed by atoms with van der Waals surface area (Å²) >= 11 is 3.41. The molecule has 1 aliphatic rings. The maximum absolute atomic E-state index is 11.0. The summed E-state index contributed by atoms with van der Waals surface area (Å²) in [4.78, 5) is 18.7. The van der Waals surface area contributed by atoms with Crippen LogP contribution in [-0.4, -0.2) is 45.1 Å². The van der Waals surface area contributed by atoms with Crippen LogP contribution in [0.25, 0.3) is 10.8 Å². The first-order chi connectivity index (χ1) is 10.2. The van der Waals surface area contributed by atoms with Gasteiger partial charge in [-0.05, 0) is 11.4 Å². The molecule has 0 radical (unpaired) electrons. The molecule has 1 saturated heterocycles. The smallest absolute Gasteiger partial charge is 0.304 e. The predicted molar refractivity (Wildman–Crippen MR) is 83.6 cm³/mol. The van der Waals surface area contributed by atoms with Crippen LogP contribution in [0.1, 0.15) is 12.1 Å². The maximum Gasteiger partial charge on any atom is 0.304 e. The van der Waals surface area contributed by atoms with Gasteiger partial charge in [-0.25, -0.2) is 4.98 Å². The molecule has 0 aliphatic carbocycles. The van der Waals surface area contributed by atoms with Crippen LogP contribution < -0.4 is 0 Å². The number of thioether (sulfide) groups is 1. The van der Waals surface area contributed by atoms with Gasteiger partial charge in [-0.2, -0.15) is 11.8 Å². The molecule has 21 heavy (non-hydrogen) atoms. The van der Waals surface area contributed by atoms with Gasteiger partial charge in [0.15, 0.2) is 0 Å². The fourth-order valence-electron chi connectivity index (χ4n) is 2.39. The first kappa shape index (κ1) is 14.6. The average molecular weight is 324 g/mol. The van der Waals surface area contributed by atoms with Crippen LogP contribution >= 0.6 is 23.1 Å². The van der Waals surface area contributed by atoms with E-state index >= 15 is 0 Å². The summed E-state index contributed by atoms with van der Waals surface area (Å²) < 4.78 is 5.52. The first-order valence-corrected chi connectivity index (χ1v) is 8.77. The molecule has 2 aromatic heterocycles. The monoisotopic (exact) mass is 324 g/mol. The number of oxazole rings is 1. The Kier molecular flexibility index (Phi) is 4.62. The number of carboxylic acid groups (broad SMARTS) is 1. The van der Waals surface area contributed by atoms with Crippen LogP contribution in [0.15, 0.2) is 28.2 Å². The molecule has 1 unspecified atom stereocenters. The second-order valence-electron chi connectivity index (χ2n) is 4.92. The third-order valence-electron chi connectivity index (χ3n) is 3.41. The van der Waals surface area contributed by atoms with E-state index in [9.17, 15) is 4.79 Å². The highest BCUT2D eigenvalue weighted by Gasteiger charge is 2.25. The van der Waals surface area contributed by atoms with Gasteiger partial charge < -0.3 is 9.52 Å². The number of hydrogen-bond acceptors (Lipinski definition) is 6. The molecule has 1 atom stereocenters. The van der Waals surface area contributed by atoms with Crippen molar-refractivity contribution in [2.75, 3.05) is 18.1 Å². The SMILES string of the molecule is O=C(O)CC1CSCCN1Cc1coc(-c2cccs2)n1. The third-order valence-corrected chi connectivity index (χ3v) is 5.36. The van der Waals surface area contributed by atoms with E-state index in [0.717, 1.165) is 28.6 Å². The molecular weight excluding hydrogens is 308 g/mol. The highest BCUT2D eigenvalue weighted by Crippen LogP contribution is 2.25. The van der Waals surface area contributed by atoms with E-state index in [1.165, 1.54) is 0 Å². The Balaban J connectivity index is 1.68. The molecule has 0 amide bonds. The van der Waals surface area contributed by atoms with E-state index in [-0.39, 0.29) is 12.5 Å². The van der Waals surface area contributed by atoms with E-state index in [1.54, 1.807) is 17.6 Å². The summed E-state index contributed by atoms with van der Waals surface area (Å²) in [6.07, 6.45) is 1.86. The van der Waals surface area contributed by atoms with Crippen molar-refractivity contribution in [2.24, 2.45) is 0 Å².